The number of likely N-dealkylation sites (tertiary alicyclic amines) is 1. The second-order valence-corrected chi connectivity index (χ2v) is 9.39. The number of aromatic amines is 1. The second kappa shape index (κ2) is 6.64. The van der Waals surface area contributed by atoms with Gasteiger partial charge in [0, 0.05) is 48.1 Å². The quantitative estimate of drug-likeness (QED) is 0.662. The van der Waals surface area contributed by atoms with Gasteiger partial charge < -0.3 is 9.80 Å². The first-order valence-electron chi connectivity index (χ1n) is 11.0. The maximum absolute atomic E-state index is 11.9. The topological polar surface area (TPSA) is 78.0 Å². The average molecular weight is 415 g/mol. The number of nitrogens with one attached hydrogen (secondary N) is 1. The van der Waals surface area contributed by atoms with Gasteiger partial charge in [0.2, 0.25) is 5.91 Å². The first-order chi connectivity index (χ1) is 15.1. The molecule has 1 N–H and O–H groups in total. The first kappa shape index (κ1) is 18.5. The van der Waals surface area contributed by atoms with Crippen molar-refractivity contribution in [3.05, 3.63) is 48.4 Å². The molecule has 7 heteroatoms. The number of rotatable bonds is 4. The number of fused-ring (bicyclic) bond motifs is 1. The van der Waals surface area contributed by atoms with Crippen LogP contribution >= 0.6 is 0 Å². The number of aryl methyl sites for hydroxylation is 1. The zero-order valence-electron chi connectivity index (χ0n) is 17.8. The summed E-state index contributed by atoms with van der Waals surface area (Å²) in [5, 5.41) is 8.47. The summed E-state index contributed by atoms with van der Waals surface area (Å²) in [5.74, 6) is 1.64. The zero-order chi connectivity index (χ0) is 21.2. The molecule has 0 atom stereocenters. The summed E-state index contributed by atoms with van der Waals surface area (Å²) in [6.07, 6.45) is 8.51. The van der Waals surface area contributed by atoms with Crippen LogP contribution in [-0.2, 0) is 4.79 Å². The minimum absolute atomic E-state index is 0.0377. The normalized spacial score (nSPS) is 19.8. The summed E-state index contributed by atoms with van der Waals surface area (Å²) in [7, 11) is 0. The molecule has 3 aromatic rings. The predicted octanol–water partition coefficient (Wildman–Crippen LogP) is 3.43. The van der Waals surface area contributed by atoms with Crippen molar-refractivity contribution >= 4 is 22.6 Å². The van der Waals surface area contributed by atoms with Crippen LogP contribution < -0.4 is 4.90 Å². The molecule has 2 aromatic heterocycles. The number of benzene rings is 1. The molecule has 3 aliphatic rings. The number of aromatic nitrogens is 4. The van der Waals surface area contributed by atoms with E-state index in [2.05, 4.69) is 40.7 Å². The monoisotopic (exact) mass is 414 g/mol. The van der Waals surface area contributed by atoms with Crippen molar-refractivity contribution in [1.29, 1.82) is 0 Å². The minimum atomic E-state index is 0.0377. The SMILES string of the molecule is C=CC(=O)N1CC2(CCN(c3ncnc(-c4c(C)ccc5[nH]ncc45)c3C3CC3)C2)C1. The fraction of sp³-hybridized carbons (Fsp3) is 0.417. The molecule has 1 amide bonds. The Morgan fingerprint density at radius 2 is 2.10 bits per heavy atom. The van der Waals surface area contributed by atoms with Crippen LogP contribution in [0.15, 0.2) is 37.3 Å². The molecule has 31 heavy (non-hydrogen) atoms. The van der Waals surface area contributed by atoms with Gasteiger partial charge >= 0.3 is 0 Å². The van der Waals surface area contributed by atoms with Crippen molar-refractivity contribution in [1.82, 2.24) is 25.1 Å². The molecule has 1 spiro atoms. The Labute approximate surface area is 181 Å². The maximum atomic E-state index is 11.9. The van der Waals surface area contributed by atoms with Crippen molar-refractivity contribution < 1.29 is 4.79 Å². The van der Waals surface area contributed by atoms with E-state index in [9.17, 15) is 4.79 Å². The Morgan fingerprint density at radius 3 is 2.87 bits per heavy atom. The van der Waals surface area contributed by atoms with Gasteiger partial charge in [-0.2, -0.15) is 5.10 Å². The number of H-pyrrole nitrogens is 1. The first-order valence-corrected chi connectivity index (χ1v) is 11.0. The highest BCUT2D eigenvalue weighted by Crippen LogP contribution is 2.50. The molecule has 2 saturated heterocycles. The Bertz CT molecular complexity index is 1200. The van der Waals surface area contributed by atoms with Crippen LogP contribution in [0.1, 0.15) is 36.3 Å². The van der Waals surface area contributed by atoms with Crippen LogP contribution in [0.4, 0.5) is 5.82 Å². The van der Waals surface area contributed by atoms with Crippen molar-refractivity contribution in [2.24, 2.45) is 5.41 Å². The molecule has 0 unspecified atom stereocenters. The lowest BCUT2D eigenvalue weighted by Gasteiger charge is -2.47. The summed E-state index contributed by atoms with van der Waals surface area (Å²) in [5.41, 5.74) is 5.92. The van der Waals surface area contributed by atoms with Crippen LogP contribution in [0.5, 0.6) is 0 Å². The summed E-state index contributed by atoms with van der Waals surface area (Å²) in [6.45, 7) is 9.31. The van der Waals surface area contributed by atoms with Gasteiger partial charge in [-0.05, 0) is 49.8 Å². The molecule has 1 aliphatic carbocycles. The van der Waals surface area contributed by atoms with Gasteiger partial charge in [-0.1, -0.05) is 12.6 Å². The van der Waals surface area contributed by atoms with E-state index < -0.39 is 0 Å². The van der Waals surface area contributed by atoms with E-state index in [0.717, 1.165) is 60.6 Å². The lowest BCUT2D eigenvalue weighted by molar-refractivity contribution is -0.136. The molecule has 158 valence electrons. The number of anilines is 1. The molecular weight excluding hydrogens is 388 g/mol. The second-order valence-electron chi connectivity index (χ2n) is 9.39. The summed E-state index contributed by atoms with van der Waals surface area (Å²) in [6, 6.07) is 4.22. The van der Waals surface area contributed by atoms with E-state index in [1.807, 2.05) is 11.1 Å². The van der Waals surface area contributed by atoms with Gasteiger partial charge in [0.05, 0.1) is 17.4 Å². The maximum Gasteiger partial charge on any atom is 0.245 e. The highest BCUT2D eigenvalue weighted by Gasteiger charge is 2.49. The molecule has 1 saturated carbocycles. The van der Waals surface area contributed by atoms with Crippen LogP contribution in [0, 0.1) is 12.3 Å². The molecule has 1 aromatic carbocycles. The smallest absolute Gasteiger partial charge is 0.245 e. The fourth-order valence-corrected chi connectivity index (χ4v) is 5.45. The van der Waals surface area contributed by atoms with Crippen LogP contribution in [0.3, 0.4) is 0 Å². The fourth-order valence-electron chi connectivity index (χ4n) is 5.45. The lowest BCUT2D eigenvalue weighted by atomic mass is 9.79. The number of amides is 1. The molecular formula is C24H26N6O. The number of carbonyl (C=O) groups excluding carboxylic acids is 1. The van der Waals surface area contributed by atoms with E-state index in [1.54, 1.807) is 6.33 Å². The van der Waals surface area contributed by atoms with Crippen molar-refractivity contribution in [3.63, 3.8) is 0 Å². The van der Waals surface area contributed by atoms with E-state index in [1.165, 1.54) is 30.0 Å². The highest BCUT2D eigenvalue weighted by molar-refractivity contribution is 5.96. The van der Waals surface area contributed by atoms with Crippen LogP contribution in [0.2, 0.25) is 0 Å². The Hall–Kier alpha value is -3.22. The van der Waals surface area contributed by atoms with Gasteiger partial charge in [-0.25, -0.2) is 9.97 Å². The third kappa shape index (κ3) is 2.86. The molecule has 4 heterocycles. The predicted molar refractivity (Wildman–Crippen MR) is 120 cm³/mol. The minimum Gasteiger partial charge on any atom is -0.356 e. The van der Waals surface area contributed by atoms with Gasteiger partial charge in [0.1, 0.15) is 12.1 Å². The average Bonchev–Trinajstić information content (AvgIpc) is 3.31. The van der Waals surface area contributed by atoms with Crippen molar-refractivity contribution in [3.8, 4) is 11.3 Å². The molecule has 0 bridgehead atoms. The molecule has 3 fully saturated rings. The molecule has 2 aliphatic heterocycles. The van der Waals surface area contributed by atoms with Crippen molar-refractivity contribution in [2.45, 2.75) is 32.1 Å². The van der Waals surface area contributed by atoms with Crippen LogP contribution in [0.25, 0.3) is 22.2 Å². The van der Waals surface area contributed by atoms with Gasteiger partial charge in [0.25, 0.3) is 0 Å². The Balaban J connectivity index is 1.39. The molecule has 0 radical (unpaired) electrons. The van der Waals surface area contributed by atoms with Crippen molar-refractivity contribution in [2.75, 3.05) is 31.1 Å². The third-order valence-corrected chi connectivity index (χ3v) is 7.19. The molecule has 6 rings (SSSR count). The lowest BCUT2D eigenvalue weighted by Crippen LogP contribution is -2.59. The number of hydrogen-bond acceptors (Lipinski definition) is 5. The zero-order valence-corrected chi connectivity index (χ0v) is 17.8. The van der Waals surface area contributed by atoms with Crippen LogP contribution in [-0.4, -0.2) is 57.2 Å². The van der Waals surface area contributed by atoms with E-state index in [0.29, 0.717) is 5.92 Å². The summed E-state index contributed by atoms with van der Waals surface area (Å²) >= 11 is 0. The van der Waals surface area contributed by atoms with E-state index >= 15 is 0 Å². The number of hydrogen-bond donors (Lipinski definition) is 1. The largest absolute Gasteiger partial charge is 0.356 e. The Morgan fingerprint density at radius 1 is 1.26 bits per heavy atom. The molecule has 7 nitrogen and oxygen atoms in total. The van der Waals surface area contributed by atoms with Gasteiger partial charge in [-0.15, -0.1) is 0 Å². The Kier molecular flexibility index (Phi) is 3.97. The van der Waals surface area contributed by atoms with E-state index in [-0.39, 0.29) is 11.3 Å². The standard InChI is InChI=1S/C24H26N6O/c1-3-19(31)30-12-24(13-30)8-9-29(11-24)23-21(16-5-6-16)22(25-14-26-23)20-15(2)4-7-18-17(20)10-27-28-18/h3-4,7,10,14,16H,1,5-6,8-9,11-13H2,2H3,(H,27,28). The third-order valence-electron chi connectivity index (χ3n) is 7.19. The van der Waals surface area contributed by atoms with Gasteiger partial charge in [-0.3, -0.25) is 9.89 Å². The summed E-state index contributed by atoms with van der Waals surface area (Å²) in [4.78, 5) is 25.8. The number of carbonyl (C=O) groups is 1. The highest BCUT2D eigenvalue weighted by atomic mass is 16.2. The summed E-state index contributed by atoms with van der Waals surface area (Å²) < 4.78 is 0. The van der Waals surface area contributed by atoms with Gasteiger partial charge in [0.15, 0.2) is 0 Å². The number of nitrogens with zero attached hydrogens (tertiary/aromatic N) is 5. The van der Waals surface area contributed by atoms with E-state index in [4.69, 9.17) is 9.97 Å².